The maximum absolute atomic E-state index is 10.5. The summed E-state index contributed by atoms with van der Waals surface area (Å²) in [6.45, 7) is 6.94. The largest absolute Gasteiger partial charge is 0.493 e. The fourth-order valence-electron chi connectivity index (χ4n) is 2.36. The topological polar surface area (TPSA) is 61.9 Å². The van der Waals surface area contributed by atoms with Crippen molar-refractivity contribution in [3.05, 3.63) is 24.3 Å². The molecule has 1 aromatic carbocycles. The number of azo groups is 1. The second-order valence-corrected chi connectivity index (χ2v) is 5.83. The number of aromatic nitrogens is 1. The summed E-state index contributed by atoms with van der Waals surface area (Å²) in [5.74, 6) is 0.122. The van der Waals surface area contributed by atoms with Crippen molar-refractivity contribution < 1.29 is 5.11 Å². The Labute approximate surface area is 136 Å². The number of nitrogens with one attached hydrogen (secondary N) is 1. The predicted molar refractivity (Wildman–Crippen MR) is 94.0 cm³/mol. The second-order valence-electron chi connectivity index (χ2n) is 5.44. The number of hydrogen-bond acceptors (Lipinski definition) is 3. The fraction of sp³-hybridized carbons (Fsp3) is 0.438. The van der Waals surface area contributed by atoms with Crippen LogP contribution in [0.4, 0.5) is 5.69 Å². The van der Waals surface area contributed by atoms with Gasteiger partial charge in [0.2, 0.25) is 11.0 Å². The molecule has 0 amide bonds. The number of hydrogen-bond donors (Lipinski definition) is 2. The molecule has 2 aromatic rings. The normalized spacial score (nSPS) is 11.6. The minimum Gasteiger partial charge on any atom is -0.493 e. The number of benzene rings is 1. The Morgan fingerprint density at radius 3 is 2.77 bits per heavy atom. The summed E-state index contributed by atoms with van der Waals surface area (Å²) in [5, 5.41) is 22.9. The number of fused-ring (bicyclic) bond motifs is 1. The first kappa shape index (κ1) is 16.4. The van der Waals surface area contributed by atoms with Crippen molar-refractivity contribution in [2.45, 2.75) is 39.7 Å². The summed E-state index contributed by atoms with van der Waals surface area (Å²) in [6.07, 6.45) is 2.13. The number of para-hydroxylation sites is 1. The Morgan fingerprint density at radius 2 is 2.09 bits per heavy atom. The van der Waals surface area contributed by atoms with Gasteiger partial charge in [-0.15, -0.1) is 10.2 Å². The van der Waals surface area contributed by atoms with Crippen LogP contribution in [0, 0.1) is 0 Å². The highest BCUT2D eigenvalue weighted by Crippen LogP contribution is 2.40. The molecule has 0 aliphatic carbocycles. The molecule has 0 radical (unpaired) electrons. The maximum Gasteiger partial charge on any atom is 0.221 e. The number of nitrogens with zero attached hydrogens (tertiary/aromatic N) is 3. The van der Waals surface area contributed by atoms with Gasteiger partial charge < -0.3 is 15.0 Å². The van der Waals surface area contributed by atoms with Gasteiger partial charge in [0.1, 0.15) is 0 Å². The number of rotatable bonds is 5. The van der Waals surface area contributed by atoms with Gasteiger partial charge in [0, 0.05) is 18.0 Å². The molecule has 2 N–H and O–H groups in total. The number of unbranched alkanes of at least 4 members (excludes halogenated alkanes) is 1. The molecule has 6 heteroatoms. The molecular formula is C16H22N4OS. The quantitative estimate of drug-likeness (QED) is 0.478. The van der Waals surface area contributed by atoms with E-state index in [0.29, 0.717) is 10.8 Å². The van der Waals surface area contributed by atoms with Crippen LogP contribution in [0.15, 0.2) is 34.5 Å². The first-order chi connectivity index (χ1) is 10.6. The van der Waals surface area contributed by atoms with Crippen molar-refractivity contribution in [3.63, 3.8) is 0 Å². The van der Waals surface area contributed by atoms with Gasteiger partial charge in [-0.1, -0.05) is 31.5 Å². The number of aromatic hydroxyl groups is 1. The van der Waals surface area contributed by atoms with Crippen LogP contribution in [0.2, 0.25) is 0 Å². The molecule has 0 unspecified atom stereocenters. The molecule has 0 atom stereocenters. The van der Waals surface area contributed by atoms with Crippen LogP contribution in [-0.2, 0) is 0 Å². The van der Waals surface area contributed by atoms with Crippen LogP contribution in [0.25, 0.3) is 10.9 Å². The lowest BCUT2D eigenvalue weighted by Gasteiger charge is -2.10. The lowest BCUT2D eigenvalue weighted by molar-refractivity contribution is 0.407. The molecule has 0 fully saturated rings. The highest BCUT2D eigenvalue weighted by atomic mass is 32.1. The summed E-state index contributed by atoms with van der Waals surface area (Å²) >= 11 is 5.13. The highest BCUT2D eigenvalue weighted by Gasteiger charge is 2.17. The van der Waals surface area contributed by atoms with Crippen LogP contribution < -0.4 is 5.32 Å². The van der Waals surface area contributed by atoms with Gasteiger partial charge in [0.15, 0.2) is 5.69 Å². The molecule has 0 aliphatic rings. The monoisotopic (exact) mass is 318 g/mol. The Morgan fingerprint density at radius 1 is 1.36 bits per heavy atom. The van der Waals surface area contributed by atoms with Crippen molar-refractivity contribution in [1.82, 2.24) is 9.88 Å². The fourth-order valence-corrected chi connectivity index (χ4v) is 2.50. The van der Waals surface area contributed by atoms with E-state index in [9.17, 15) is 5.11 Å². The molecule has 22 heavy (non-hydrogen) atoms. The minimum absolute atomic E-state index is 0.122. The number of thiocarbonyl (C=S) groups is 1. The minimum atomic E-state index is 0.122. The van der Waals surface area contributed by atoms with E-state index in [4.69, 9.17) is 12.2 Å². The van der Waals surface area contributed by atoms with Gasteiger partial charge in [-0.2, -0.15) is 0 Å². The zero-order chi connectivity index (χ0) is 16.1. The molecule has 0 saturated heterocycles. The third-order valence-corrected chi connectivity index (χ3v) is 3.65. The van der Waals surface area contributed by atoms with Gasteiger partial charge in [-0.05, 0) is 38.6 Å². The molecule has 0 saturated carbocycles. The van der Waals surface area contributed by atoms with E-state index in [2.05, 4.69) is 22.5 Å². The molecular weight excluding hydrogens is 296 g/mol. The van der Waals surface area contributed by atoms with Gasteiger partial charge in [0.05, 0.1) is 5.52 Å². The van der Waals surface area contributed by atoms with E-state index >= 15 is 0 Å². The Hall–Kier alpha value is -1.95. The van der Waals surface area contributed by atoms with E-state index in [0.717, 1.165) is 30.3 Å². The summed E-state index contributed by atoms with van der Waals surface area (Å²) in [7, 11) is 0. The van der Waals surface area contributed by atoms with Crippen LogP contribution in [0.1, 0.15) is 39.7 Å². The van der Waals surface area contributed by atoms with E-state index in [1.54, 1.807) is 0 Å². The zero-order valence-corrected chi connectivity index (χ0v) is 14.0. The molecule has 0 bridgehead atoms. The average molecular weight is 318 g/mol. The van der Waals surface area contributed by atoms with E-state index in [-0.39, 0.29) is 11.9 Å². The lowest BCUT2D eigenvalue weighted by atomic mass is 10.2. The molecule has 5 nitrogen and oxygen atoms in total. The summed E-state index contributed by atoms with van der Waals surface area (Å²) < 4.78 is 1.84. The molecule has 2 rings (SSSR count). The summed E-state index contributed by atoms with van der Waals surface area (Å²) in [5.41, 5.74) is 1.40. The third kappa shape index (κ3) is 3.44. The summed E-state index contributed by atoms with van der Waals surface area (Å²) in [6, 6.07) is 7.88. The van der Waals surface area contributed by atoms with Crippen molar-refractivity contribution in [3.8, 4) is 5.88 Å². The van der Waals surface area contributed by atoms with Crippen LogP contribution >= 0.6 is 12.2 Å². The Bertz CT molecular complexity index is 691. The standard InChI is InChI=1S/C16H22N4OS/c1-4-5-10-17-16(22)19-18-14-12-8-6-7-9-13(12)20(11(2)3)15(14)21/h6-9,11,21H,4-5,10H2,1-3H3,(H,17,22). The van der Waals surface area contributed by atoms with E-state index in [1.165, 1.54) is 0 Å². The van der Waals surface area contributed by atoms with Crippen LogP contribution in [0.3, 0.4) is 0 Å². The van der Waals surface area contributed by atoms with Crippen LogP contribution in [0.5, 0.6) is 5.88 Å². The molecule has 0 spiro atoms. The van der Waals surface area contributed by atoms with Crippen LogP contribution in [-0.4, -0.2) is 21.3 Å². The lowest BCUT2D eigenvalue weighted by Crippen LogP contribution is -2.19. The van der Waals surface area contributed by atoms with Crippen molar-refractivity contribution in [2.75, 3.05) is 6.54 Å². The van der Waals surface area contributed by atoms with Crippen molar-refractivity contribution in [1.29, 1.82) is 0 Å². The van der Waals surface area contributed by atoms with Crippen molar-refractivity contribution in [2.24, 2.45) is 10.2 Å². The Kier molecular flexibility index (Phi) is 5.49. The molecule has 118 valence electrons. The smallest absolute Gasteiger partial charge is 0.221 e. The molecule has 1 aromatic heterocycles. The first-order valence-electron chi connectivity index (χ1n) is 7.57. The summed E-state index contributed by atoms with van der Waals surface area (Å²) in [4.78, 5) is 0. The van der Waals surface area contributed by atoms with Gasteiger partial charge in [0.25, 0.3) is 0 Å². The maximum atomic E-state index is 10.5. The third-order valence-electron chi connectivity index (χ3n) is 3.42. The van der Waals surface area contributed by atoms with E-state index in [1.807, 2.05) is 42.7 Å². The molecule has 1 heterocycles. The van der Waals surface area contributed by atoms with Gasteiger partial charge >= 0.3 is 0 Å². The SMILES string of the molecule is CCCCNC(=S)N=Nc1c(O)n(C(C)C)c2ccccc12. The average Bonchev–Trinajstić information content (AvgIpc) is 2.77. The highest BCUT2D eigenvalue weighted by molar-refractivity contribution is 7.80. The predicted octanol–water partition coefficient (Wildman–Crippen LogP) is 4.69. The zero-order valence-electron chi connectivity index (χ0n) is 13.2. The van der Waals surface area contributed by atoms with Gasteiger partial charge in [-0.3, -0.25) is 0 Å². The second kappa shape index (κ2) is 7.35. The van der Waals surface area contributed by atoms with Crippen molar-refractivity contribution >= 4 is 33.9 Å². The van der Waals surface area contributed by atoms with Gasteiger partial charge in [-0.25, -0.2) is 0 Å². The first-order valence-corrected chi connectivity index (χ1v) is 7.98. The molecule has 0 aliphatic heterocycles. The Balaban J connectivity index is 2.31. The van der Waals surface area contributed by atoms with E-state index < -0.39 is 0 Å².